The second kappa shape index (κ2) is 9.37. The molecule has 0 aromatic heterocycles. The molecule has 1 aliphatic rings. The minimum atomic E-state index is -4.08. The van der Waals surface area contributed by atoms with Crippen molar-refractivity contribution in [3.63, 3.8) is 0 Å². The third kappa shape index (κ3) is 6.99. The number of morpholine rings is 1. The van der Waals surface area contributed by atoms with Gasteiger partial charge in [0.15, 0.2) is 0 Å². The first-order valence-electron chi connectivity index (χ1n) is 8.11. The summed E-state index contributed by atoms with van der Waals surface area (Å²) in [5.41, 5.74) is 2.16. The molecule has 2 rings (SSSR count). The Hall–Kier alpha value is -0.950. The van der Waals surface area contributed by atoms with Crippen LogP contribution < -0.4 is 0 Å². The first-order valence-corrected chi connectivity index (χ1v) is 9.55. The van der Waals surface area contributed by atoms with E-state index in [0.29, 0.717) is 11.1 Å². The number of aryl methyl sites for hydroxylation is 3. The summed E-state index contributed by atoms with van der Waals surface area (Å²) >= 11 is 0. The maximum Gasteiger partial charge on any atom is 0.295 e. The van der Waals surface area contributed by atoms with Crippen LogP contribution in [-0.4, -0.2) is 50.7 Å². The molecule has 1 aliphatic heterocycles. The van der Waals surface area contributed by atoms with E-state index in [1.165, 1.54) is 19.4 Å². The highest BCUT2D eigenvalue weighted by molar-refractivity contribution is 7.86. The topological polar surface area (TPSA) is 66.8 Å². The van der Waals surface area contributed by atoms with E-state index in [2.05, 4.69) is 11.8 Å². The number of hydrogen-bond donors (Lipinski definition) is 1. The Balaban J connectivity index is 0.000000238. The van der Waals surface area contributed by atoms with Crippen LogP contribution in [0.4, 0.5) is 0 Å². The van der Waals surface area contributed by atoms with Crippen LogP contribution in [0.2, 0.25) is 0 Å². The van der Waals surface area contributed by atoms with Gasteiger partial charge in [-0.2, -0.15) is 8.42 Å². The highest BCUT2D eigenvalue weighted by Gasteiger charge is 2.16. The monoisotopic (exact) mass is 343 g/mol. The molecule has 0 spiro atoms. The second-order valence-corrected chi connectivity index (χ2v) is 7.37. The van der Waals surface area contributed by atoms with Gasteiger partial charge in [0.1, 0.15) is 0 Å². The van der Waals surface area contributed by atoms with Crippen LogP contribution >= 0.6 is 0 Å². The first kappa shape index (κ1) is 20.1. The average molecular weight is 343 g/mol. The fourth-order valence-electron chi connectivity index (χ4n) is 2.78. The second-order valence-electron chi connectivity index (χ2n) is 6.01. The van der Waals surface area contributed by atoms with Crippen molar-refractivity contribution in [2.24, 2.45) is 0 Å². The third-order valence-corrected chi connectivity index (χ3v) is 4.95. The van der Waals surface area contributed by atoms with Crippen molar-refractivity contribution in [1.29, 1.82) is 0 Å². The standard InChI is InChI=1S/C9H12O3S.C8H17NO/c1-6-4-7(2)9(8(3)5-6)13(10,11)12;1-2-3-4-9-5-7-10-8-6-9/h4-5H,1-3H3,(H,10,11,12);2-8H2,1H3. The SMILES string of the molecule is CCCCN1CCOCC1.Cc1cc(C)c(S(=O)(=O)O)c(C)c1. The maximum atomic E-state index is 10.9. The van der Waals surface area contributed by atoms with E-state index in [4.69, 9.17) is 9.29 Å². The quantitative estimate of drug-likeness (QED) is 0.851. The number of nitrogens with zero attached hydrogens (tertiary/aromatic N) is 1. The smallest absolute Gasteiger partial charge is 0.295 e. The third-order valence-electron chi connectivity index (χ3n) is 3.79. The lowest BCUT2D eigenvalue weighted by molar-refractivity contribution is 0.0373. The van der Waals surface area contributed by atoms with Crippen LogP contribution in [-0.2, 0) is 14.9 Å². The summed E-state index contributed by atoms with van der Waals surface area (Å²) in [5.74, 6) is 0. The highest BCUT2D eigenvalue weighted by Crippen LogP contribution is 2.20. The van der Waals surface area contributed by atoms with Crippen molar-refractivity contribution in [3.05, 3.63) is 28.8 Å². The zero-order chi connectivity index (χ0) is 17.5. The van der Waals surface area contributed by atoms with Gasteiger partial charge in [-0.15, -0.1) is 0 Å². The van der Waals surface area contributed by atoms with E-state index in [-0.39, 0.29) is 4.90 Å². The largest absolute Gasteiger partial charge is 0.379 e. The number of ether oxygens (including phenoxy) is 1. The summed E-state index contributed by atoms with van der Waals surface area (Å²) in [4.78, 5) is 2.51. The molecule has 1 aromatic carbocycles. The Bertz CT molecular complexity index is 570. The summed E-state index contributed by atoms with van der Waals surface area (Å²) in [6, 6.07) is 3.46. The molecule has 5 nitrogen and oxygen atoms in total. The lowest BCUT2D eigenvalue weighted by Gasteiger charge is -2.26. The van der Waals surface area contributed by atoms with Crippen LogP contribution in [0, 0.1) is 20.8 Å². The molecule has 23 heavy (non-hydrogen) atoms. The molecule has 132 valence electrons. The Morgan fingerprint density at radius 3 is 2.09 bits per heavy atom. The van der Waals surface area contributed by atoms with E-state index in [0.717, 1.165) is 31.9 Å². The Labute approximate surface area is 140 Å². The molecule has 1 N–H and O–H groups in total. The van der Waals surface area contributed by atoms with E-state index in [1.54, 1.807) is 26.0 Å². The van der Waals surface area contributed by atoms with E-state index < -0.39 is 10.1 Å². The zero-order valence-corrected chi connectivity index (χ0v) is 15.4. The number of hydrogen-bond acceptors (Lipinski definition) is 4. The van der Waals surface area contributed by atoms with Crippen molar-refractivity contribution >= 4 is 10.1 Å². The lowest BCUT2D eigenvalue weighted by atomic mass is 10.1. The summed E-state index contributed by atoms with van der Waals surface area (Å²) < 4.78 is 36.0. The predicted molar refractivity (Wildman–Crippen MR) is 92.6 cm³/mol. The molecule has 0 atom stereocenters. The Kier molecular flexibility index (Phi) is 8.19. The highest BCUT2D eigenvalue weighted by atomic mass is 32.2. The molecule has 0 radical (unpaired) electrons. The Morgan fingerprint density at radius 1 is 1.13 bits per heavy atom. The van der Waals surface area contributed by atoms with E-state index in [1.807, 2.05) is 6.92 Å². The number of rotatable bonds is 4. The van der Waals surface area contributed by atoms with Gasteiger partial charge in [-0.05, 0) is 44.9 Å². The minimum Gasteiger partial charge on any atom is -0.379 e. The van der Waals surface area contributed by atoms with Gasteiger partial charge in [0, 0.05) is 13.1 Å². The van der Waals surface area contributed by atoms with Crippen molar-refractivity contribution in [2.75, 3.05) is 32.8 Å². The zero-order valence-electron chi connectivity index (χ0n) is 14.6. The summed E-state index contributed by atoms with van der Waals surface area (Å²) in [5, 5.41) is 0. The van der Waals surface area contributed by atoms with Crippen LogP contribution in [0.15, 0.2) is 17.0 Å². The van der Waals surface area contributed by atoms with Crippen molar-refractivity contribution in [2.45, 2.75) is 45.4 Å². The van der Waals surface area contributed by atoms with Gasteiger partial charge in [0.05, 0.1) is 18.1 Å². The van der Waals surface area contributed by atoms with Gasteiger partial charge < -0.3 is 4.74 Å². The molecular weight excluding hydrogens is 314 g/mol. The lowest BCUT2D eigenvalue weighted by Crippen LogP contribution is -2.36. The van der Waals surface area contributed by atoms with E-state index >= 15 is 0 Å². The maximum absolute atomic E-state index is 10.9. The van der Waals surface area contributed by atoms with E-state index in [9.17, 15) is 8.42 Å². The van der Waals surface area contributed by atoms with Crippen molar-refractivity contribution in [3.8, 4) is 0 Å². The molecule has 0 amide bonds. The van der Waals surface area contributed by atoms with Gasteiger partial charge in [-0.1, -0.05) is 31.0 Å². The normalized spacial score (nSPS) is 15.9. The van der Waals surface area contributed by atoms with Gasteiger partial charge in [0.25, 0.3) is 10.1 Å². The van der Waals surface area contributed by atoms with Crippen LogP contribution in [0.1, 0.15) is 36.5 Å². The molecule has 6 heteroatoms. The van der Waals surface area contributed by atoms with Crippen molar-refractivity contribution < 1.29 is 17.7 Å². The van der Waals surface area contributed by atoms with Crippen molar-refractivity contribution in [1.82, 2.24) is 4.90 Å². The minimum absolute atomic E-state index is 0.0260. The summed E-state index contributed by atoms with van der Waals surface area (Å²) in [6.07, 6.45) is 2.64. The molecular formula is C17H29NO4S. The predicted octanol–water partition coefficient (Wildman–Crippen LogP) is 2.98. The molecule has 1 aromatic rings. The van der Waals surface area contributed by atoms with Gasteiger partial charge in [0.2, 0.25) is 0 Å². The van der Waals surface area contributed by atoms with Crippen LogP contribution in [0.3, 0.4) is 0 Å². The number of benzene rings is 1. The van der Waals surface area contributed by atoms with Gasteiger partial charge >= 0.3 is 0 Å². The number of unbranched alkanes of at least 4 members (excludes halogenated alkanes) is 1. The molecule has 1 saturated heterocycles. The summed E-state index contributed by atoms with van der Waals surface area (Å²) in [7, 11) is -4.08. The average Bonchev–Trinajstić information content (AvgIpc) is 2.44. The molecule has 0 unspecified atom stereocenters. The molecule has 0 bridgehead atoms. The fourth-order valence-corrected chi connectivity index (χ4v) is 3.71. The molecule has 0 aliphatic carbocycles. The molecule has 1 heterocycles. The summed E-state index contributed by atoms with van der Waals surface area (Å²) in [6.45, 7) is 12.9. The fraction of sp³-hybridized carbons (Fsp3) is 0.647. The van der Waals surface area contributed by atoms with Crippen LogP contribution in [0.5, 0.6) is 0 Å². The van der Waals surface area contributed by atoms with Crippen LogP contribution in [0.25, 0.3) is 0 Å². The molecule has 1 fully saturated rings. The molecule has 0 saturated carbocycles. The van der Waals surface area contributed by atoms with Gasteiger partial charge in [-0.25, -0.2) is 0 Å². The Morgan fingerprint density at radius 2 is 1.65 bits per heavy atom. The van der Waals surface area contributed by atoms with Gasteiger partial charge in [-0.3, -0.25) is 9.45 Å². The first-order chi connectivity index (χ1) is 10.8.